The topological polar surface area (TPSA) is 181 Å². The number of carbonyl (C=O) groups is 4. The number of nitrogens with two attached hydrogens (primary N) is 2. The van der Waals surface area contributed by atoms with Crippen molar-refractivity contribution in [3.63, 3.8) is 0 Å². The van der Waals surface area contributed by atoms with Gasteiger partial charge in [0.25, 0.3) is 0 Å². The van der Waals surface area contributed by atoms with Gasteiger partial charge in [-0.2, -0.15) is 0 Å². The first kappa shape index (κ1) is 33.3. The largest absolute Gasteiger partial charge is 0.370 e. The smallest absolute Gasteiger partial charge is 0.243 e. The van der Waals surface area contributed by atoms with Crippen LogP contribution in [-0.4, -0.2) is 67.2 Å². The molecule has 0 heterocycles. The number of rotatable bonds is 17. The van der Waals surface area contributed by atoms with Crippen molar-refractivity contribution in [1.29, 1.82) is 0 Å². The Morgan fingerprint density at radius 2 is 1.39 bits per heavy atom. The van der Waals surface area contributed by atoms with Crippen molar-refractivity contribution in [2.75, 3.05) is 13.6 Å². The number of Topliss-reactive ketones (excluding diaryl/α,β-unsaturated/α-hetero) is 1. The lowest BCUT2D eigenvalue weighted by molar-refractivity contribution is -0.134. The molecule has 208 valence electrons. The lowest BCUT2D eigenvalue weighted by atomic mass is 9.97. The van der Waals surface area contributed by atoms with E-state index in [0.717, 1.165) is 6.42 Å². The van der Waals surface area contributed by atoms with Crippen LogP contribution in [0.15, 0.2) is 4.99 Å². The molecular formula is C25H49N7O4. The molecule has 0 aliphatic heterocycles. The lowest BCUT2D eigenvalue weighted by Gasteiger charge is -2.29. The number of hydrogen-bond donors (Lipinski definition) is 6. The molecule has 0 aliphatic rings. The first-order valence-corrected chi connectivity index (χ1v) is 12.9. The second-order valence-corrected chi connectivity index (χ2v) is 10.2. The molecule has 0 saturated heterocycles. The predicted octanol–water partition coefficient (Wildman–Crippen LogP) is 0.420. The molecule has 0 aliphatic carbocycles. The van der Waals surface area contributed by atoms with Gasteiger partial charge in [0.15, 0.2) is 11.7 Å². The highest BCUT2D eigenvalue weighted by molar-refractivity contribution is 5.95. The average Bonchev–Trinajstić information content (AvgIpc) is 2.78. The van der Waals surface area contributed by atoms with Gasteiger partial charge in [0.2, 0.25) is 17.7 Å². The van der Waals surface area contributed by atoms with E-state index < -0.39 is 36.0 Å². The highest BCUT2D eigenvalue weighted by atomic mass is 16.2. The summed E-state index contributed by atoms with van der Waals surface area (Å²) in [6, 6.07) is -2.87. The minimum atomic E-state index is -0.889. The molecule has 0 spiro atoms. The molecule has 5 unspecified atom stereocenters. The monoisotopic (exact) mass is 511 g/mol. The van der Waals surface area contributed by atoms with E-state index >= 15 is 0 Å². The zero-order valence-corrected chi connectivity index (χ0v) is 23.3. The Bertz CT molecular complexity index is 751. The van der Waals surface area contributed by atoms with Crippen molar-refractivity contribution in [2.45, 2.75) is 98.3 Å². The number of nitrogens with zero attached hydrogens (tertiary/aromatic N) is 1. The Morgan fingerprint density at radius 3 is 1.83 bits per heavy atom. The third-order valence-corrected chi connectivity index (χ3v) is 6.15. The van der Waals surface area contributed by atoms with Crippen LogP contribution in [0.1, 0.15) is 74.1 Å². The highest BCUT2D eigenvalue weighted by Crippen LogP contribution is 2.11. The molecule has 36 heavy (non-hydrogen) atoms. The molecule has 11 nitrogen and oxygen atoms in total. The van der Waals surface area contributed by atoms with Crippen molar-refractivity contribution in [3.8, 4) is 0 Å². The van der Waals surface area contributed by atoms with Gasteiger partial charge in [-0.05, 0) is 51.0 Å². The Hall–Kier alpha value is -2.69. The van der Waals surface area contributed by atoms with Crippen LogP contribution in [0.5, 0.6) is 0 Å². The zero-order chi connectivity index (χ0) is 28.0. The van der Waals surface area contributed by atoms with Crippen LogP contribution in [0.2, 0.25) is 0 Å². The van der Waals surface area contributed by atoms with Gasteiger partial charge in [-0.25, -0.2) is 0 Å². The fourth-order valence-corrected chi connectivity index (χ4v) is 3.79. The standard InChI is InChI=1S/C25H49N7O4/c1-9-16(6)21(28-8)24(36)30-18(11-10-12-29-25(26)27)22(34)32-20(15(4)5)23(35)31-19(17(7)33)13-14(2)3/h14-16,18-21,28H,9-13H2,1-8H3,(H,30,36)(H,31,35)(H,32,34)(H4,26,27,29). The van der Waals surface area contributed by atoms with E-state index in [0.29, 0.717) is 19.4 Å². The third-order valence-electron chi connectivity index (χ3n) is 6.15. The Morgan fingerprint density at radius 1 is 0.833 bits per heavy atom. The van der Waals surface area contributed by atoms with Gasteiger partial charge < -0.3 is 32.7 Å². The van der Waals surface area contributed by atoms with Crippen molar-refractivity contribution in [3.05, 3.63) is 0 Å². The van der Waals surface area contributed by atoms with Gasteiger partial charge in [-0.1, -0.05) is 48.0 Å². The Balaban J connectivity index is 5.66. The maximum atomic E-state index is 13.3. The molecule has 11 heteroatoms. The number of ketones is 1. The summed E-state index contributed by atoms with van der Waals surface area (Å²) in [7, 11) is 1.70. The molecule has 0 aromatic heterocycles. The molecule has 0 saturated carbocycles. The summed E-state index contributed by atoms with van der Waals surface area (Å²) in [5.41, 5.74) is 10.8. The number of aliphatic imine (C=N–C) groups is 1. The van der Waals surface area contributed by atoms with Crippen LogP contribution >= 0.6 is 0 Å². The summed E-state index contributed by atoms with van der Waals surface area (Å²) in [5.74, 6) is -1.39. The molecule has 0 bridgehead atoms. The van der Waals surface area contributed by atoms with E-state index in [1.807, 2.05) is 41.5 Å². The first-order valence-electron chi connectivity index (χ1n) is 12.9. The number of nitrogens with one attached hydrogen (secondary N) is 4. The number of likely N-dealkylation sites (N-methyl/N-ethyl adjacent to an activating group) is 1. The Labute approximate surface area is 216 Å². The summed E-state index contributed by atoms with van der Waals surface area (Å²) in [6.45, 7) is 13.2. The van der Waals surface area contributed by atoms with Gasteiger partial charge in [0.05, 0.1) is 12.1 Å². The molecule has 0 radical (unpaired) electrons. The summed E-state index contributed by atoms with van der Waals surface area (Å²) >= 11 is 0. The summed E-state index contributed by atoms with van der Waals surface area (Å²) in [5, 5.41) is 11.4. The fraction of sp³-hybridized carbons (Fsp3) is 0.800. The van der Waals surface area contributed by atoms with E-state index in [1.165, 1.54) is 6.92 Å². The van der Waals surface area contributed by atoms with Crippen molar-refractivity contribution in [2.24, 2.45) is 34.2 Å². The minimum absolute atomic E-state index is 0.0509. The van der Waals surface area contributed by atoms with Crippen molar-refractivity contribution in [1.82, 2.24) is 21.3 Å². The highest BCUT2D eigenvalue weighted by Gasteiger charge is 2.32. The molecule has 0 rings (SSSR count). The second-order valence-electron chi connectivity index (χ2n) is 10.2. The lowest BCUT2D eigenvalue weighted by Crippen LogP contribution is -2.59. The third kappa shape index (κ3) is 12.3. The van der Waals surface area contributed by atoms with Crippen LogP contribution < -0.4 is 32.7 Å². The van der Waals surface area contributed by atoms with E-state index in [9.17, 15) is 19.2 Å². The minimum Gasteiger partial charge on any atom is -0.370 e. The van der Waals surface area contributed by atoms with Gasteiger partial charge in [-0.15, -0.1) is 0 Å². The zero-order valence-electron chi connectivity index (χ0n) is 23.3. The Kier molecular flexibility index (Phi) is 15.6. The number of carbonyl (C=O) groups excluding carboxylic acids is 4. The molecule has 0 fully saturated rings. The van der Waals surface area contributed by atoms with E-state index in [1.54, 1.807) is 7.05 Å². The predicted molar refractivity (Wildman–Crippen MR) is 143 cm³/mol. The summed E-state index contributed by atoms with van der Waals surface area (Å²) < 4.78 is 0. The van der Waals surface area contributed by atoms with E-state index in [-0.39, 0.29) is 41.8 Å². The maximum absolute atomic E-state index is 13.3. The molecule has 0 aromatic rings. The molecule has 5 atom stereocenters. The van der Waals surface area contributed by atoms with Crippen LogP contribution in [-0.2, 0) is 19.2 Å². The maximum Gasteiger partial charge on any atom is 0.243 e. The second kappa shape index (κ2) is 16.9. The van der Waals surface area contributed by atoms with E-state index in [2.05, 4.69) is 26.3 Å². The average molecular weight is 512 g/mol. The van der Waals surface area contributed by atoms with Crippen LogP contribution in [0, 0.1) is 17.8 Å². The number of amides is 3. The quantitative estimate of drug-likeness (QED) is 0.0929. The summed E-state index contributed by atoms with van der Waals surface area (Å²) in [6.07, 6.45) is 2.01. The number of hydrogen-bond acceptors (Lipinski definition) is 6. The fourth-order valence-electron chi connectivity index (χ4n) is 3.79. The van der Waals surface area contributed by atoms with E-state index in [4.69, 9.17) is 11.5 Å². The van der Waals surface area contributed by atoms with Crippen LogP contribution in [0.25, 0.3) is 0 Å². The van der Waals surface area contributed by atoms with Crippen LogP contribution in [0.3, 0.4) is 0 Å². The van der Waals surface area contributed by atoms with Gasteiger partial charge in [0, 0.05) is 6.54 Å². The molecular weight excluding hydrogens is 462 g/mol. The molecule has 3 amide bonds. The normalized spacial score (nSPS) is 15.4. The van der Waals surface area contributed by atoms with Gasteiger partial charge in [0.1, 0.15) is 12.1 Å². The van der Waals surface area contributed by atoms with Gasteiger partial charge >= 0.3 is 0 Å². The van der Waals surface area contributed by atoms with Crippen LogP contribution in [0.4, 0.5) is 0 Å². The molecule has 8 N–H and O–H groups in total. The SMILES string of the molecule is CCC(C)C(NC)C(=O)NC(CCCN=C(N)N)C(=O)NC(C(=O)NC(CC(C)C)C(C)=O)C(C)C. The summed E-state index contributed by atoms with van der Waals surface area (Å²) in [4.78, 5) is 55.3. The van der Waals surface area contributed by atoms with Crippen molar-refractivity contribution >= 4 is 29.5 Å². The van der Waals surface area contributed by atoms with Gasteiger partial charge in [-0.3, -0.25) is 24.2 Å². The van der Waals surface area contributed by atoms with Crippen molar-refractivity contribution < 1.29 is 19.2 Å². The number of guanidine groups is 1. The first-order chi connectivity index (χ1) is 16.7. The molecule has 0 aromatic carbocycles.